The van der Waals surface area contributed by atoms with Crippen LogP contribution in [-0.4, -0.2) is 17.1 Å². The van der Waals surface area contributed by atoms with Gasteiger partial charge < -0.3 is 10.1 Å². The van der Waals surface area contributed by atoms with Gasteiger partial charge in [0.05, 0.1) is 22.9 Å². The van der Waals surface area contributed by atoms with E-state index in [-0.39, 0.29) is 21.8 Å². The highest BCUT2D eigenvalue weighted by molar-refractivity contribution is 9.10. The first-order valence-corrected chi connectivity index (χ1v) is 13.3. The van der Waals surface area contributed by atoms with E-state index in [0.717, 1.165) is 21.4 Å². The smallest absolute Gasteiger partial charge is 0.273 e. The van der Waals surface area contributed by atoms with Gasteiger partial charge in [-0.2, -0.15) is 5.26 Å². The van der Waals surface area contributed by atoms with Crippen molar-refractivity contribution in [2.75, 3.05) is 6.61 Å². The van der Waals surface area contributed by atoms with Crippen molar-refractivity contribution in [2.24, 2.45) is 0 Å². The predicted octanol–water partition coefficient (Wildman–Crippen LogP) is 4.44. The second-order valence-electron chi connectivity index (χ2n) is 8.10. The standard InChI is InChI=1S/C29H24BrN3O3S/c1-3-36-25-15-14-22(30)16-21(25)17-26-28(35)33(23-12-8-5-9-13-23)29(37-26)24(18-31)27(34)32-19(2)20-10-6-4-7-11-20/h4-17,19H,3H2,1-2H3,(H,32,34)/b26-17+,29-24+. The molecule has 0 aliphatic rings. The Kier molecular flexibility index (Phi) is 8.39. The molecular formula is C29H24BrN3O3S. The Morgan fingerprint density at radius 3 is 2.46 bits per heavy atom. The van der Waals surface area contributed by atoms with Gasteiger partial charge in [0.25, 0.3) is 11.5 Å². The number of thiazole rings is 1. The molecule has 1 amide bonds. The first kappa shape index (κ1) is 26.1. The molecule has 6 nitrogen and oxygen atoms in total. The third-order valence-corrected chi connectivity index (χ3v) is 7.18. The molecule has 1 heterocycles. The van der Waals surface area contributed by atoms with E-state index in [4.69, 9.17) is 4.74 Å². The van der Waals surface area contributed by atoms with Gasteiger partial charge in [-0.15, -0.1) is 11.3 Å². The minimum absolute atomic E-state index is 0.132. The molecule has 0 radical (unpaired) electrons. The van der Waals surface area contributed by atoms with E-state index >= 15 is 0 Å². The number of rotatable bonds is 7. The van der Waals surface area contributed by atoms with E-state index in [1.807, 2.05) is 74.5 Å². The number of nitriles is 1. The number of hydrogen-bond acceptors (Lipinski definition) is 5. The Labute approximate surface area is 226 Å². The maximum Gasteiger partial charge on any atom is 0.273 e. The summed E-state index contributed by atoms with van der Waals surface area (Å²) in [6.45, 7) is 4.21. The zero-order valence-corrected chi connectivity index (χ0v) is 22.7. The van der Waals surface area contributed by atoms with Crippen molar-refractivity contribution in [1.29, 1.82) is 5.26 Å². The lowest BCUT2D eigenvalue weighted by Gasteiger charge is -2.13. The van der Waals surface area contributed by atoms with Gasteiger partial charge in [-0.05, 0) is 55.8 Å². The van der Waals surface area contributed by atoms with Crippen LogP contribution in [0.2, 0.25) is 0 Å². The normalized spacial score (nSPS) is 13.0. The zero-order valence-electron chi connectivity index (χ0n) is 20.3. The third-order valence-electron chi connectivity index (χ3n) is 5.60. The SMILES string of the molecule is CCOc1ccc(Br)cc1/C=c1/s/c(=C(\C#N)C(=O)NC(C)c2ccccc2)n(-c2ccccc2)c1=O. The molecule has 0 fully saturated rings. The molecule has 37 heavy (non-hydrogen) atoms. The second-order valence-corrected chi connectivity index (χ2v) is 10.0. The molecule has 0 saturated heterocycles. The Balaban J connectivity index is 1.93. The number of para-hydroxylation sites is 1. The highest BCUT2D eigenvalue weighted by Crippen LogP contribution is 2.24. The molecule has 0 spiro atoms. The Morgan fingerprint density at radius 2 is 1.81 bits per heavy atom. The molecule has 0 bridgehead atoms. The van der Waals surface area contributed by atoms with Crippen LogP contribution in [0, 0.1) is 11.3 Å². The van der Waals surface area contributed by atoms with Crippen molar-refractivity contribution in [3.63, 3.8) is 0 Å². The van der Waals surface area contributed by atoms with Crippen molar-refractivity contribution >= 4 is 44.8 Å². The first-order chi connectivity index (χ1) is 17.9. The van der Waals surface area contributed by atoms with E-state index < -0.39 is 5.91 Å². The number of aromatic nitrogens is 1. The summed E-state index contributed by atoms with van der Waals surface area (Å²) >= 11 is 4.57. The number of benzene rings is 3. The van der Waals surface area contributed by atoms with E-state index in [9.17, 15) is 14.9 Å². The summed E-state index contributed by atoms with van der Waals surface area (Å²) in [6.07, 6.45) is 1.73. The minimum atomic E-state index is -0.547. The second kappa shape index (κ2) is 11.9. The van der Waals surface area contributed by atoms with Crippen LogP contribution >= 0.6 is 27.3 Å². The Morgan fingerprint density at radius 1 is 1.14 bits per heavy atom. The highest BCUT2D eigenvalue weighted by Gasteiger charge is 2.19. The lowest BCUT2D eigenvalue weighted by Crippen LogP contribution is -2.34. The monoisotopic (exact) mass is 573 g/mol. The topological polar surface area (TPSA) is 84.1 Å². The summed E-state index contributed by atoms with van der Waals surface area (Å²) in [5, 5.41) is 12.9. The maximum atomic E-state index is 13.7. The third kappa shape index (κ3) is 5.91. The Bertz CT molecular complexity index is 1640. The van der Waals surface area contributed by atoms with Gasteiger partial charge in [-0.1, -0.05) is 64.5 Å². The van der Waals surface area contributed by atoms with Crippen LogP contribution in [-0.2, 0) is 4.79 Å². The highest BCUT2D eigenvalue weighted by atomic mass is 79.9. The summed E-state index contributed by atoms with van der Waals surface area (Å²) < 4.78 is 8.62. The number of hydrogen-bond donors (Lipinski definition) is 1. The summed E-state index contributed by atoms with van der Waals surface area (Å²) in [5.41, 5.74) is 1.72. The summed E-state index contributed by atoms with van der Waals surface area (Å²) in [5.74, 6) is 0.0824. The summed E-state index contributed by atoms with van der Waals surface area (Å²) in [7, 11) is 0. The first-order valence-electron chi connectivity index (χ1n) is 11.6. The number of carbonyl (C=O) groups excluding carboxylic acids is 1. The van der Waals surface area contributed by atoms with Crippen LogP contribution < -0.4 is 24.8 Å². The Hall–Kier alpha value is -3.93. The van der Waals surface area contributed by atoms with Crippen LogP contribution in [0.3, 0.4) is 0 Å². The fraction of sp³-hybridized carbons (Fsp3) is 0.138. The van der Waals surface area contributed by atoms with Gasteiger partial charge in [-0.25, -0.2) is 0 Å². The molecule has 1 N–H and O–H groups in total. The van der Waals surface area contributed by atoms with Crippen molar-refractivity contribution in [3.05, 3.63) is 114 Å². The maximum absolute atomic E-state index is 13.7. The molecule has 1 aromatic heterocycles. The lowest BCUT2D eigenvalue weighted by molar-refractivity contribution is -0.116. The zero-order chi connectivity index (χ0) is 26.4. The van der Waals surface area contributed by atoms with Gasteiger partial charge >= 0.3 is 0 Å². The molecule has 1 unspecified atom stereocenters. The van der Waals surface area contributed by atoms with E-state index in [1.165, 1.54) is 4.57 Å². The van der Waals surface area contributed by atoms with E-state index in [2.05, 4.69) is 21.2 Å². The quantitative estimate of drug-likeness (QED) is 0.354. The molecule has 0 aliphatic carbocycles. The van der Waals surface area contributed by atoms with Gasteiger partial charge in [-0.3, -0.25) is 14.2 Å². The summed E-state index contributed by atoms with van der Waals surface area (Å²) in [4.78, 5) is 27.0. The van der Waals surface area contributed by atoms with Crippen LogP contribution in [0.5, 0.6) is 5.75 Å². The molecule has 0 aliphatic heterocycles. The van der Waals surface area contributed by atoms with Crippen LogP contribution in [0.4, 0.5) is 0 Å². The molecule has 3 aromatic carbocycles. The number of ether oxygens (including phenoxy) is 1. The van der Waals surface area contributed by atoms with Crippen molar-refractivity contribution in [1.82, 2.24) is 9.88 Å². The van der Waals surface area contributed by atoms with Gasteiger partial charge in [0.1, 0.15) is 16.5 Å². The molecule has 1 atom stereocenters. The number of nitrogens with zero attached hydrogens (tertiary/aromatic N) is 2. The largest absolute Gasteiger partial charge is 0.493 e. The summed E-state index contributed by atoms with van der Waals surface area (Å²) in [6, 6.07) is 25.7. The molecule has 4 aromatic rings. The van der Waals surface area contributed by atoms with Crippen molar-refractivity contribution in [3.8, 4) is 17.5 Å². The molecule has 4 rings (SSSR count). The van der Waals surface area contributed by atoms with Gasteiger partial charge in [0.2, 0.25) is 0 Å². The fourth-order valence-electron chi connectivity index (χ4n) is 3.81. The van der Waals surface area contributed by atoms with Gasteiger partial charge in [0, 0.05) is 10.0 Å². The average molecular weight is 575 g/mol. The number of halogens is 1. The van der Waals surface area contributed by atoms with Crippen molar-refractivity contribution < 1.29 is 9.53 Å². The number of nitrogens with one attached hydrogen (secondary N) is 1. The minimum Gasteiger partial charge on any atom is -0.493 e. The van der Waals surface area contributed by atoms with Crippen LogP contribution in [0.15, 0.2) is 88.1 Å². The van der Waals surface area contributed by atoms with Crippen LogP contribution in [0.1, 0.15) is 31.0 Å². The van der Waals surface area contributed by atoms with E-state index in [0.29, 0.717) is 28.1 Å². The number of amides is 1. The molecule has 186 valence electrons. The van der Waals surface area contributed by atoms with Gasteiger partial charge in [0.15, 0.2) is 5.57 Å². The van der Waals surface area contributed by atoms with Crippen LogP contribution in [0.25, 0.3) is 17.3 Å². The lowest BCUT2D eigenvalue weighted by atomic mass is 10.1. The molecular weight excluding hydrogens is 550 g/mol. The molecule has 8 heteroatoms. The van der Waals surface area contributed by atoms with Crippen molar-refractivity contribution in [2.45, 2.75) is 19.9 Å². The average Bonchev–Trinajstić information content (AvgIpc) is 3.22. The van der Waals surface area contributed by atoms with E-state index in [1.54, 1.807) is 30.3 Å². The fourth-order valence-corrected chi connectivity index (χ4v) is 5.28. The number of carbonyl (C=O) groups is 1. The molecule has 0 saturated carbocycles. The predicted molar refractivity (Wildman–Crippen MR) is 150 cm³/mol.